The van der Waals surface area contributed by atoms with Gasteiger partial charge >= 0.3 is 0 Å². The molecule has 0 aromatic carbocycles. The molecule has 0 aliphatic carbocycles. The minimum atomic E-state index is 0.0801. The Hall–Kier alpha value is -3.53. The Bertz CT molecular complexity index is 1160. The molecule has 0 spiro atoms. The molecule has 0 radical (unpaired) electrons. The van der Waals surface area contributed by atoms with Crippen LogP contribution >= 0.6 is 0 Å². The third kappa shape index (κ3) is 8.11. The molecule has 0 saturated carbocycles. The molecule has 0 fully saturated rings. The predicted octanol–water partition coefficient (Wildman–Crippen LogP) is 6.11. The maximum absolute atomic E-state index is 10.8. The van der Waals surface area contributed by atoms with E-state index in [2.05, 4.69) is 80.1 Å². The largest absolute Gasteiger partial charge is 0.494 e. The van der Waals surface area contributed by atoms with E-state index in [9.17, 15) is 5.11 Å². The molecule has 0 atom stereocenters. The van der Waals surface area contributed by atoms with Crippen molar-refractivity contribution in [2.45, 2.75) is 53.9 Å². The molecule has 4 heteroatoms. The van der Waals surface area contributed by atoms with Crippen LogP contribution < -0.4 is 15.9 Å². The van der Waals surface area contributed by atoms with Gasteiger partial charge in [-0.15, -0.1) is 0 Å². The first-order chi connectivity index (χ1) is 16.2. The number of aromatic amines is 1. The summed E-state index contributed by atoms with van der Waals surface area (Å²) in [5, 5.41) is 15.4. The van der Waals surface area contributed by atoms with E-state index in [0.29, 0.717) is 17.0 Å². The molecule has 0 bridgehead atoms. The van der Waals surface area contributed by atoms with Crippen LogP contribution in [0.3, 0.4) is 0 Å². The molecule has 1 rings (SSSR count). The van der Waals surface area contributed by atoms with Crippen molar-refractivity contribution in [3.05, 3.63) is 100 Å². The van der Waals surface area contributed by atoms with Crippen LogP contribution in [0.4, 0.5) is 0 Å². The van der Waals surface area contributed by atoms with Gasteiger partial charge < -0.3 is 15.4 Å². The van der Waals surface area contributed by atoms with E-state index in [1.165, 1.54) is 0 Å². The van der Waals surface area contributed by atoms with Crippen molar-refractivity contribution in [1.82, 2.24) is 10.3 Å². The van der Waals surface area contributed by atoms with E-state index in [0.717, 1.165) is 52.2 Å². The van der Waals surface area contributed by atoms with Crippen LogP contribution in [-0.4, -0.2) is 22.8 Å². The second kappa shape index (κ2) is 14.6. The first kappa shape index (κ1) is 28.5. The van der Waals surface area contributed by atoms with Gasteiger partial charge in [0.15, 0.2) is 5.88 Å². The Balaban J connectivity index is 3.75. The molecule has 0 amide bonds. The third-order valence-corrected chi connectivity index (χ3v) is 5.30. The normalized spacial score (nSPS) is 14.8. The average molecular weight is 460 g/mol. The molecule has 0 aliphatic rings. The number of H-pyrrole nitrogens is 1. The van der Waals surface area contributed by atoms with Gasteiger partial charge in [0.25, 0.3) is 0 Å². The van der Waals surface area contributed by atoms with E-state index in [1.807, 2.05) is 32.1 Å². The summed E-state index contributed by atoms with van der Waals surface area (Å²) in [4.78, 5) is 7.70. The number of hydrogen-bond acceptors (Lipinski definition) is 3. The lowest BCUT2D eigenvalue weighted by Crippen LogP contribution is -2.26. The van der Waals surface area contributed by atoms with E-state index < -0.39 is 0 Å². The molecule has 1 heterocycles. The van der Waals surface area contributed by atoms with Crippen molar-refractivity contribution in [2.75, 3.05) is 7.05 Å². The Morgan fingerprint density at radius 2 is 1.85 bits per heavy atom. The third-order valence-electron chi connectivity index (χ3n) is 5.30. The van der Waals surface area contributed by atoms with Crippen LogP contribution in [0, 0.1) is 0 Å². The number of likely N-dealkylation sites (N-methyl/N-ethyl adjacent to an activating group) is 1. The second-order valence-corrected chi connectivity index (χ2v) is 7.97. The van der Waals surface area contributed by atoms with Crippen molar-refractivity contribution in [1.29, 1.82) is 0 Å². The smallest absolute Gasteiger partial charge is 0.198 e. The van der Waals surface area contributed by atoms with Crippen LogP contribution in [0.5, 0.6) is 5.88 Å². The summed E-state index contributed by atoms with van der Waals surface area (Å²) < 4.78 is 0. The predicted molar refractivity (Wildman–Crippen MR) is 150 cm³/mol. The van der Waals surface area contributed by atoms with Gasteiger partial charge in [-0.05, 0) is 68.6 Å². The van der Waals surface area contributed by atoms with Crippen molar-refractivity contribution < 1.29 is 5.11 Å². The van der Waals surface area contributed by atoms with Gasteiger partial charge in [0, 0.05) is 23.3 Å². The lowest BCUT2D eigenvalue weighted by molar-refractivity contribution is 0.455. The number of rotatable bonds is 12. The van der Waals surface area contributed by atoms with E-state index in [4.69, 9.17) is 0 Å². The lowest BCUT2D eigenvalue weighted by atomic mass is 9.97. The molecule has 34 heavy (non-hydrogen) atoms. The monoisotopic (exact) mass is 459 g/mol. The zero-order chi connectivity index (χ0) is 25.7. The van der Waals surface area contributed by atoms with Gasteiger partial charge in [-0.1, -0.05) is 70.4 Å². The van der Waals surface area contributed by atoms with Crippen molar-refractivity contribution in [3.63, 3.8) is 0 Å². The zero-order valence-corrected chi connectivity index (χ0v) is 21.8. The Morgan fingerprint density at radius 1 is 1.15 bits per heavy atom. The van der Waals surface area contributed by atoms with Gasteiger partial charge in [-0.3, -0.25) is 4.99 Å². The summed E-state index contributed by atoms with van der Waals surface area (Å²) >= 11 is 0. The molecular weight excluding hydrogens is 418 g/mol. The minimum absolute atomic E-state index is 0.0801. The van der Waals surface area contributed by atoms with Crippen LogP contribution in [0.1, 0.15) is 59.4 Å². The molecule has 3 N–H and O–H groups in total. The Labute approximate surface area is 205 Å². The van der Waals surface area contributed by atoms with Gasteiger partial charge in [0.2, 0.25) is 0 Å². The van der Waals surface area contributed by atoms with Crippen LogP contribution in [0.2, 0.25) is 0 Å². The maximum Gasteiger partial charge on any atom is 0.198 e. The summed E-state index contributed by atoms with van der Waals surface area (Å²) in [5.74, 6) is 0.0801. The number of nitrogens with zero attached hydrogens (tertiary/aromatic N) is 1. The zero-order valence-electron chi connectivity index (χ0n) is 21.8. The number of aromatic hydroxyl groups is 1. The van der Waals surface area contributed by atoms with Gasteiger partial charge in [-0.25, -0.2) is 0 Å². The summed E-state index contributed by atoms with van der Waals surface area (Å²) in [5.41, 5.74) is 5.91. The molecular formula is C30H41N3O. The van der Waals surface area contributed by atoms with Crippen molar-refractivity contribution >= 4 is 17.9 Å². The van der Waals surface area contributed by atoms with Gasteiger partial charge in [0.05, 0.1) is 17.0 Å². The fourth-order valence-electron chi connectivity index (χ4n) is 3.50. The standard InChI is InChI=1S/C30H41N3O/c1-10-14-15-17-21(5)26(12-3)25(16-11-2)20-27-28(13-4)33-30(34)29(27)24(8)32-23(7)19-18-22(6)31-9/h12-13,15-20,31,33-34H,3,6-7,10-11,14H2,1-2,4-5,8-9H3/b17-15-,19-18-,25-16-,26-21+,27-20+,28-13+,32-24?. The molecule has 0 aliphatic heterocycles. The van der Waals surface area contributed by atoms with Crippen LogP contribution in [0.15, 0.2) is 89.3 Å². The SMILES string of the molecule is C=CC(/C(=C\CC)/C=c1/c(C(C)=NC(=C)/C=C\C(=C)NC)c(O)[nH]/c1=C/C)=C(C)\C=C/CCC. The van der Waals surface area contributed by atoms with E-state index >= 15 is 0 Å². The van der Waals surface area contributed by atoms with E-state index in [1.54, 1.807) is 13.1 Å². The highest BCUT2D eigenvalue weighted by Crippen LogP contribution is 2.20. The summed E-state index contributed by atoms with van der Waals surface area (Å²) in [7, 11) is 1.81. The Morgan fingerprint density at radius 3 is 2.41 bits per heavy atom. The van der Waals surface area contributed by atoms with Crippen molar-refractivity contribution in [3.8, 4) is 5.88 Å². The number of nitrogens with one attached hydrogen (secondary N) is 2. The fraction of sp³-hybridized carbons (Fsp3) is 0.300. The fourth-order valence-corrected chi connectivity index (χ4v) is 3.50. The van der Waals surface area contributed by atoms with Crippen molar-refractivity contribution in [2.24, 2.45) is 4.99 Å². The number of hydrogen-bond donors (Lipinski definition) is 3. The first-order valence-corrected chi connectivity index (χ1v) is 11.8. The molecule has 0 saturated heterocycles. The van der Waals surface area contributed by atoms with E-state index in [-0.39, 0.29) is 5.88 Å². The molecule has 4 nitrogen and oxygen atoms in total. The summed E-state index contributed by atoms with van der Waals surface area (Å²) in [6.45, 7) is 22.1. The second-order valence-electron chi connectivity index (χ2n) is 7.97. The first-order valence-electron chi connectivity index (χ1n) is 11.8. The topological polar surface area (TPSA) is 60.4 Å². The van der Waals surface area contributed by atoms with Gasteiger partial charge in [0.1, 0.15) is 0 Å². The number of aliphatic imine (C=N–C) groups is 1. The highest BCUT2D eigenvalue weighted by Gasteiger charge is 2.13. The summed E-state index contributed by atoms with van der Waals surface area (Å²) in [6, 6.07) is 0. The highest BCUT2D eigenvalue weighted by atomic mass is 16.3. The highest BCUT2D eigenvalue weighted by molar-refractivity contribution is 6.02. The number of unbranched alkanes of at least 4 members (excludes halogenated alkanes) is 1. The van der Waals surface area contributed by atoms with Crippen LogP contribution in [0.25, 0.3) is 12.2 Å². The van der Waals surface area contributed by atoms with Gasteiger partial charge in [-0.2, -0.15) is 0 Å². The number of allylic oxidation sites excluding steroid dienone is 9. The quantitative estimate of drug-likeness (QED) is 0.261. The minimum Gasteiger partial charge on any atom is -0.494 e. The molecule has 1 aromatic heterocycles. The maximum atomic E-state index is 10.8. The van der Waals surface area contributed by atoms with Crippen LogP contribution in [-0.2, 0) is 0 Å². The number of aromatic nitrogens is 1. The lowest BCUT2D eigenvalue weighted by Gasteiger charge is -2.08. The average Bonchev–Trinajstić information content (AvgIpc) is 3.13. The molecule has 1 aromatic rings. The summed E-state index contributed by atoms with van der Waals surface area (Å²) in [6.07, 6.45) is 19.1. The Kier molecular flexibility index (Phi) is 12.2. The molecule has 182 valence electrons. The molecule has 0 unspecified atom stereocenters.